The quantitative estimate of drug-likeness (QED) is 0.707. The van der Waals surface area contributed by atoms with E-state index < -0.39 is 0 Å². The van der Waals surface area contributed by atoms with Crippen molar-refractivity contribution in [2.75, 3.05) is 20.3 Å². The minimum atomic E-state index is -0.321. The molecule has 1 aromatic heterocycles. The third kappa shape index (κ3) is 2.88. The van der Waals surface area contributed by atoms with Crippen LogP contribution in [-0.4, -0.2) is 30.5 Å². The van der Waals surface area contributed by atoms with Crippen LogP contribution in [0.3, 0.4) is 0 Å². The highest BCUT2D eigenvalue weighted by Crippen LogP contribution is 2.41. The fraction of sp³-hybridized carbons (Fsp3) is 0.333. The van der Waals surface area contributed by atoms with Gasteiger partial charge in [0, 0.05) is 18.8 Å². The van der Waals surface area contributed by atoms with Crippen molar-refractivity contribution in [3.63, 3.8) is 0 Å². The molecule has 2 heterocycles. The van der Waals surface area contributed by atoms with E-state index >= 15 is 0 Å². The van der Waals surface area contributed by atoms with Crippen molar-refractivity contribution < 1.29 is 13.9 Å². The Morgan fingerprint density at radius 1 is 0.962 bits per heavy atom. The Kier molecular flexibility index (Phi) is 4.47. The van der Waals surface area contributed by atoms with E-state index in [1.54, 1.807) is 7.11 Å². The lowest BCUT2D eigenvalue weighted by atomic mass is 9.74. The summed E-state index contributed by atoms with van der Waals surface area (Å²) in [6.07, 6.45) is 1.63. The standard InChI is InChI=1S/C21H22N2O3/c1-15-5-3-4-6-18(15)19-22-23-20(26-19)21(11-13-25-14-12-21)16-7-9-17(24-2)10-8-16/h3-10H,11-14H2,1-2H3. The summed E-state index contributed by atoms with van der Waals surface area (Å²) in [5.41, 5.74) is 2.93. The van der Waals surface area contributed by atoms with Gasteiger partial charge >= 0.3 is 0 Å². The summed E-state index contributed by atoms with van der Waals surface area (Å²) in [5.74, 6) is 2.06. The molecule has 1 saturated heterocycles. The highest BCUT2D eigenvalue weighted by Gasteiger charge is 2.41. The fourth-order valence-electron chi connectivity index (χ4n) is 3.59. The number of aryl methyl sites for hydroxylation is 1. The number of rotatable bonds is 4. The molecule has 0 radical (unpaired) electrons. The summed E-state index contributed by atoms with van der Waals surface area (Å²) in [7, 11) is 1.67. The first-order valence-corrected chi connectivity index (χ1v) is 8.85. The molecule has 1 aliphatic rings. The predicted octanol–water partition coefficient (Wildman–Crippen LogP) is 4.15. The Morgan fingerprint density at radius 2 is 1.69 bits per heavy atom. The summed E-state index contributed by atoms with van der Waals surface area (Å²) >= 11 is 0. The van der Waals surface area contributed by atoms with Crippen LogP contribution in [0.2, 0.25) is 0 Å². The molecule has 0 spiro atoms. The minimum absolute atomic E-state index is 0.321. The molecule has 0 unspecified atom stereocenters. The van der Waals surface area contributed by atoms with Crippen LogP contribution in [0.15, 0.2) is 52.9 Å². The van der Waals surface area contributed by atoms with Crippen molar-refractivity contribution in [2.45, 2.75) is 25.2 Å². The van der Waals surface area contributed by atoms with Gasteiger partial charge in [-0.05, 0) is 49.1 Å². The molecule has 0 bridgehead atoms. The maximum atomic E-state index is 6.20. The average molecular weight is 350 g/mol. The number of methoxy groups -OCH3 is 1. The lowest BCUT2D eigenvalue weighted by Crippen LogP contribution is -2.35. The molecule has 0 atom stereocenters. The Balaban J connectivity index is 1.77. The van der Waals surface area contributed by atoms with Crippen molar-refractivity contribution in [1.82, 2.24) is 10.2 Å². The summed E-state index contributed by atoms with van der Waals surface area (Å²) in [6, 6.07) is 16.2. The Hall–Kier alpha value is -2.66. The topological polar surface area (TPSA) is 57.4 Å². The van der Waals surface area contributed by atoms with Gasteiger partial charge in [-0.25, -0.2) is 0 Å². The summed E-state index contributed by atoms with van der Waals surface area (Å²) in [4.78, 5) is 0. The van der Waals surface area contributed by atoms with Gasteiger partial charge in [-0.2, -0.15) is 0 Å². The number of ether oxygens (including phenoxy) is 2. The second kappa shape index (κ2) is 6.92. The first-order chi connectivity index (χ1) is 12.7. The number of nitrogens with zero attached hydrogens (tertiary/aromatic N) is 2. The number of hydrogen-bond acceptors (Lipinski definition) is 5. The molecule has 1 aliphatic heterocycles. The predicted molar refractivity (Wildman–Crippen MR) is 98.3 cm³/mol. The second-order valence-corrected chi connectivity index (χ2v) is 6.65. The molecule has 5 heteroatoms. The molecule has 0 N–H and O–H groups in total. The number of hydrogen-bond donors (Lipinski definition) is 0. The highest BCUT2D eigenvalue weighted by molar-refractivity contribution is 5.57. The van der Waals surface area contributed by atoms with Crippen molar-refractivity contribution in [3.05, 3.63) is 65.5 Å². The number of aromatic nitrogens is 2. The summed E-state index contributed by atoms with van der Waals surface area (Å²) in [6.45, 7) is 3.40. The van der Waals surface area contributed by atoms with E-state index in [1.807, 2.05) is 43.3 Å². The lowest BCUT2D eigenvalue weighted by Gasteiger charge is -2.34. The van der Waals surface area contributed by atoms with Crippen LogP contribution in [0.5, 0.6) is 5.75 Å². The Bertz CT molecular complexity index is 880. The SMILES string of the molecule is COc1ccc(C2(c3nnc(-c4ccccc4C)o3)CCOCC2)cc1. The van der Waals surface area contributed by atoms with Crippen LogP contribution < -0.4 is 4.74 Å². The molecule has 0 aliphatic carbocycles. The Morgan fingerprint density at radius 3 is 2.38 bits per heavy atom. The van der Waals surface area contributed by atoms with Gasteiger partial charge in [0.15, 0.2) is 0 Å². The van der Waals surface area contributed by atoms with Crippen LogP contribution in [0.25, 0.3) is 11.5 Å². The van der Waals surface area contributed by atoms with Crippen molar-refractivity contribution in [2.24, 2.45) is 0 Å². The van der Waals surface area contributed by atoms with Gasteiger partial charge in [-0.3, -0.25) is 0 Å². The molecule has 4 rings (SSSR count). The van der Waals surface area contributed by atoms with Crippen LogP contribution in [0, 0.1) is 6.92 Å². The smallest absolute Gasteiger partial charge is 0.248 e. The van der Waals surface area contributed by atoms with Crippen LogP contribution >= 0.6 is 0 Å². The molecular formula is C21H22N2O3. The van der Waals surface area contributed by atoms with Gasteiger partial charge in [0.05, 0.1) is 12.5 Å². The molecule has 2 aromatic carbocycles. The summed E-state index contributed by atoms with van der Waals surface area (Å²) < 4.78 is 17.1. The lowest BCUT2D eigenvalue weighted by molar-refractivity contribution is 0.0546. The molecule has 0 amide bonds. The van der Waals surface area contributed by atoms with E-state index in [4.69, 9.17) is 13.9 Å². The molecule has 1 fully saturated rings. The normalized spacial score (nSPS) is 16.4. The van der Waals surface area contributed by atoms with E-state index in [0.717, 1.165) is 35.3 Å². The van der Waals surface area contributed by atoms with Crippen LogP contribution in [0.1, 0.15) is 29.9 Å². The first kappa shape index (κ1) is 16.8. The average Bonchev–Trinajstić information content (AvgIpc) is 3.19. The minimum Gasteiger partial charge on any atom is -0.497 e. The van der Waals surface area contributed by atoms with Gasteiger partial charge in [0.25, 0.3) is 0 Å². The van der Waals surface area contributed by atoms with Crippen molar-refractivity contribution in [3.8, 4) is 17.2 Å². The van der Waals surface area contributed by atoms with E-state index in [-0.39, 0.29) is 5.41 Å². The number of benzene rings is 2. The monoisotopic (exact) mass is 350 g/mol. The molecule has 0 saturated carbocycles. The van der Waals surface area contributed by atoms with Gasteiger partial charge in [-0.1, -0.05) is 30.3 Å². The van der Waals surface area contributed by atoms with E-state index in [9.17, 15) is 0 Å². The molecular weight excluding hydrogens is 328 g/mol. The summed E-state index contributed by atoms with van der Waals surface area (Å²) in [5, 5.41) is 8.79. The van der Waals surface area contributed by atoms with Crippen LogP contribution in [0.4, 0.5) is 0 Å². The van der Waals surface area contributed by atoms with Gasteiger partial charge in [0.2, 0.25) is 11.8 Å². The molecule has 134 valence electrons. The molecule has 26 heavy (non-hydrogen) atoms. The van der Waals surface area contributed by atoms with Gasteiger partial charge in [0.1, 0.15) is 5.75 Å². The first-order valence-electron chi connectivity index (χ1n) is 8.85. The van der Waals surface area contributed by atoms with Crippen LogP contribution in [-0.2, 0) is 10.2 Å². The third-order valence-corrected chi connectivity index (χ3v) is 5.20. The Labute approximate surface area is 153 Å². The molecule has 5 nitrogen and oxygen atoms in total. The fourth-order valence-corrected chi connectivity index (χ4v) is 3.59. The van der Waals surface area contributed by atoms with Crippen molar-refractivity contribution in [1.29, 1.82) is 0 Å². The van der Waals surface area contributed by atoms with E-state index in [1.165, 1.54) is 0 Å². The molecule has 3 aromatic rings. The zero-order valence-electron chi connectivity index (χ0n) is 15.1. The van der Waals surface area contributed by atoms with E-state index in [2.05, 4.69) is 22.3 Å². The maximum absolute atomic E-state index is 6.20. The zero-order valence-corrected chi connectivity index (χ0v) is 15.1. The van der Waals surface area contributed by atoms with Gasteiger partial charge < -0.3 is 13.9 Å². The largest absolute Gasteiger partial charge is 0.497 e. The van der Waals surface area contributed by atoms with E-state index in [0.29, 0.717) is 25.0 Å². The second-order valence-electron chi connectivity index (χ2n) is 6.65. The maximum Gasteiger partial charge on any atom is 0.248 e. The zero-order chi connectivity index (χ0) is 18.0. The third-order valence-electron chi connectivity index (χ3n) is 5.20. The van der Waals surface area contributed by atoms with Crippen molar-refractivity contribution >= 4 is 0 Å². The van der Waals surface area contributed by atoms with Gasteiger partial charge in [-0.15, -0.1) is 10.2 Å². The highest BCUT2D eigenvalue weighted by atomic mass is 16.5.